The third-order valence-corrected chi connectivity index (χ3v) is 2.96. The molecule has 0 saturated heterocycles. The number of hydrogen-bond donors (Lipinski definition) is 2. The number of allylic oxidation sites excluding steroid dienone is 1. The van der Waals surface area contributed by atoms with Gasteiger partial charge in [-0.05, 0) is 24.3 Å². The molecule has 0 heterocycles. The topological polar surface area (TPSA) is 93.3 Å². The Morgan fingerprint density at radius 3 is 1.88 bits per heavy atom. The Kier molecular flexibility index (Phi) is 7.60. The zero-order valence-corrected chi connectivity index (χ0v) is 13.8. The molecule has 0 aromatic heterocycles. The number of rotatable bonds is 4. The number of benzene rings is 2. The van der Waals surface area contributed by atoms with Crippen LogP contribution >= 0.6 is 0 Å². The molecule has 126 valence electrons. The van der Waals surface area contributed by atoms with Crippen molar-refractivity contribution in [3.05, 3.63) is 82.6 Å². The number of para-hydroxylation sites is 2. The average molecular weight is 375 g/mol. The Morgan fingerprint density at radius 1 is 0.960 bits per heavy atom. The van der Waals surface area contributed by atoms with Crippen LogP contribution < -0.4 is 0 Å². The van der Waals surface area contributed by atoms with Crippen LogP contribution in [0.5, 0.6) is 11.5 Å². The van der Waals surface area contributed by atoms with Crippen LogP contribution in [0.25, 0.3) is 4.85 Å². The minimum absolute atomic E-state index is 0. The summed E-state index contributed by atoms with van der Waals surface area (Å²) >= 11 is 0. The van der Waals surface area contributed by atoms with E-state index in [0.29, 0.717) is 11.1 Å². The minimum Gasteiger partial charge on any atom is -0.507 e. The predicted molar refractivity (Wildman–Crippen MR) is 90.6 cm³/mol. The van der Waals surface area contributed by atoms with Gasteiger partial charge in [0.1, 0.15) is 23.8 Å². The zero-order chi connectivity index (χ0) is 17.4. The van der Waals surface area contributed by atoms with Gasteiger partial charge in [0.15, 0.2) is 5.70 Å². The van der Waals surface area contributed by atoms with Gasteiger partial charge in [0.05, 0.1) is 5.56 Å². The van der Waals surface area contributed by atoms with Crippen molar-refractivity contribution in [2.45, 2.75) is 0 Å². The molecule has 0 spiro atoms. The smallest absolute Gasteiger partial charge is 0.306 e. The minimum atomic E-state index is -0.215. The van der Waals surface area contributed by atoms with Crippen LogP contribution in [0.3, 0.4) is 0 Å². The summed E-state index contributed by atoms with van der Waals surface area (Å²) in [5.41, 5.74) is 0.639. The summed E-state index contributed by atoms with van der Waals surface area (Å²) in [4.78, 5) is 11.0. The second-order valence-corrected chi connectivity index (χ2v) is 4.53. The molecular formula is C18H12N4NiO2. The van der Waals surface area contributed by atoms with Crippen molar-refractivity contribution in [3.63, 3.8) is 0 Å². The van der Waals surface area contributed by atoms with Crippen LogP contribution in [-0.4, -0.2) is 22.6 Å². The Hall–Kier alpha value is -3.41. The van der Waals surface area contributed by atoms with E-state index in [9.17, 15) is 15.5 Å². The van der Waals surface area contributed by atoms with E-state index < -0.39 is 0 Å². The number of phenols is 2. The first-order valence-electron chi connectivity index (χ1n) is 6.81. The molecule has 0 aliphatic rings. The largest absolute Gasteiger partial charge is 0.507 e. The molecule has 2 aromatic carbocycles. The molecular weight excluding hydrogens is 363 g/mol. The van der Waals surface area contributed by atoms with E-state index in [2.05, 4.69) is 14.8 Å². The van der Waals surface area contributed by atoms with Crippen molar-refractivity contribution >= 4 is 12.4 Å². The Bertz CT molecular complexity index is 846. The van der Waals surface area contributed by atoms with Gasteiger partial charge in [-0.25, -0.2) is 0 Å². The van der Waals surface area contributed by atoms with Crippen LogP contribution in [0.4, 0.5) is 0 Å². The van der Waals surface area contributed by atoms with Crippen molar-refractivity contribution < 1.29 is 26.7 Å². The second kappa shape index (κ2) is 9.67. The first-order valence-corrected chi connectivity index (χ1v) is 6.81. The molecule has 0 saturated carbocycles. The number of phenolic OH excluding ortho intramolecular Hbond substituents is 2. The van der Waals surface area contributed by atoms with E-state index in [1.54, 1.807) is 42.5 Å². The molecule has 0 atom stereocenters. The number of aromatic hydroxyl groups is 2. The van der Waals surface area contributed by atoms with Gasteiger partial charge in [-0.2, -0.15) is 5.26 Å². The summed E-state index contributed by atoms with van der Waals surface area (Å²) in [5.74, 6) is -0.185. The van der Waals surface area contributed by atoms with Gasteiger partial charge in [-0.3, -0.25) is 4.99 Å². The quantitative estimate of drug-likeness (QED) is 0.372. The van der Waals surface area contributed by atoms with Crippen LogP contribution in [0.2, 0.25) is 0 Å². The maximum absolute atomic E-state index is 9.67. The molecule has 7 heteroatoms. The number of nitrogens with zero attached hydrogens (tertiary/aromatic N) is 4. The van der Waals surface area contributed by atoms with Crippen molar-refractivity contribution in [1.82, 2.24) is 0 Å². The van der Waals surface area contributed by atoms with Crippen LogP contribution in [0, 0.1) is 17.9 Å². The molecule has 2 N–H and O–H groups in total. The molecule has 25 heavy (non-hydrogen) atoms. The monoisotopic (exact) mass is 374 g/mol. The Labute approximate surface area is 154 Å². The van der Waals surface area contributed by atoms with E-state index in [1.807, 2.05) is 0 Å². The van der Waals surface area contributed by atoms with Crippen LogP contribution in [0.1, 0.15) is 11.1 Å². The summed E-state index contributed by atoms with van der Waals surface area (Å²) in [6.45, 7) is 7.15. The molecule has 0 amide bonds. The molecule has 6 nitrogen and oxygen atoms in total. The molecule has 2 rings (SSSR count). The normalized spacial score (nSPS) is 11.4. The van der Waals surface area contributed by atoms with Gasteiger partial charge < -0.3 is 15.1 Å². The molecule has 0 aliphatic carbocycles. The third-order valence-electron chi connectivity index (χ3n) is 2.96. The maximum atomic E-state index is 9.67. The van der Waals surface area contributed by atoms with Crippen molar-refractivity contribution in [1.29, 1.82) is 5.26 Å². The summed E-state index contributed by atoms with van der Waals surface area (Å²) < 4.78 is 0. The average Bonchev–Trinajstić information content (AvgIpc) is 2.60. The van der Waals surface area contributed by atoms with E-state index in [-0.39, 0.29) is 39.5 Å². The van der Waals surface area contributed by atoms with Crippen LogP contribution in [-0.2, 0) is 16.5 Å². The SMILES string of the molecule is [C-]#[N+]C(/N=C/c1ccccc1O)=C(\C#N)N=Cc1ccccc1O.[Ni]. The fourth-order valence-corrected chi connectivity index (χ4v) is 1.74. The second-order valence-electron chi connectivity index (χ2n) is 4.53. The van der Waals surface area contributed by atoms with Gasteiger partial charge in [0.25, 0.3) is 0 Å². The van der Waals surface area contributed by atoms with E-state index in [4.69, 9.17) is 6.57 Å². The maximum Gasteiger partial charge on any atom is 0.306 e. The van der Waals surface area contributed by atoms with Crippen LogP contribution in [0.15, 0.2) is 70.0 Å². The fraction of sp³-hybridized carbons (Fsp3) is 0. The first-order chi connectivity index (χ1) is 11.7. The molecule has 0 unspecified atom stereocenters. The summed E-state index contributed by atoms with van der Waals surface area (Å²) in [7, 11) is 0. The summed E-state index contributed by atoms with van der Waals surface area (Å²) in [5, 5.41) is 28.5. The summed E-state index contributed by atoms with van der Waals surface area (Å²) in [6.07, 6.45) is 2.57. The molecule has 0 aliphatic heterocycles. The van der Waals surface area contributed by atoms with E-state index in [0.717, 1.165) is 0 Å². The zero-order valence-electron chi connectivity index (χ0n) is 12.8. The van der Waals surface area contributed by atoms with E-state index in [1.165, 1.54) is 24.6 Å². The van der Waals surface area contributed by atoms with Crippen molar-refractivity contribution in [2.75, 3.05) is 0 Å². The number of nitriles is 1. The third kappa shape index (κ3) is 5.32. The van der Waals surface area contributed by atoms with Gasteiger partial charge in [-0.15, -0.1) is 4.99 Å². The number of hydrogen-bond acceptors (Lipinski definition) is 5. The van der Waals surface area contributed by atoms with E-state index >= 15 is 0 Å². The molecule has 0 bridgehead atoms. The molecule has 0 radical (unpaired) electrons. The summed E-state index contributed by atoms with van der Waals surface area (Å²) in [6, 6.07) is 14.8. The van der Waals surface area contributed by atoms with Crippen molar-refractivity contribution in [2.24, 2.45) is 9.98 Å². The first kappa shape index (κ1) is 19.6. The van der Waals surface area contributed by atoms with Gasteiger partial charge >= 0.3 is 5.82 Å². The van der Waals surface area contributed by atoms with Gasteiger partial charge in [0.2, 0.25) is 0 Å². The van der Waals surface area contributed by atoms with Crippen molar-refractivity contribution in [3.8, 4) is 17.6 Å². The van der Waals surface area contributed by atoms with Gasteiger partial charge in [0, 0.05) is 28.3 Å². The Balaban J connectivity index is 0.00000312. The molecule has 2 aromatic rings. The standard InChI is InChI=1S/C18H12N4O2.Ni/c1-20-18(22-12-14-7-3-5-9-17(14)24)15(10-19)21-11-13-6-2-4-8-16(13)23;/h2-9,11-12,23-24H;/b18-15-,21-11?,22-12+;. The molecule has 0 fully saturated rings. The number of aliphatic imine (C=N–C) groups is 2. The fourth-order valence-electron chi connectivity index (χ4n) is 1.74. The van der Waals surface area contributed by atoms with Gasteiger partial charge in [-0.1, -0.05) is 30.8 Å². The predicted octanol–water partition coefficient (Wildman–Crippen LogP) is 3.25. The Morgan fingerprint density at radius 2 is 1.44 bits per heavy atom.